The maximum absolute atomic E-state index is 11.9. The summed E-state index contributed by atoms with van der Waals surface area (Å²) in [5.41, 5.74) is 6.87. The van der Waals surface area contributed by atoms with Gasteiger partial charge in [-0.15, -0.1) is 0 Å². The zero-order valence-electron chi connectivity index (χ0n) is 27.0. The second-order valence-corrected chi connectivity index (χ2v) is 14.7. The van der Waals surface area contributed by atoms with Crippen molar-refractivity contribution in [3.05, 3.63) is 136 Å². The van der Waals surface area contributed by atoms with Crippen LogP contribution in [0.4, 0.5) is 0 Å². The van der Waals surface area contributed by atoms with Gasteiger partial charge in [0.15, 0.2) is 11.2 Å². The molecule has 0 fully saturated rings. The smallest absolute Gasteiger partial charge is 0.338 e. The third kappa shape index (κ3) is 8.20. The van der Waals surface area contributed by atoms with Crippen LogP contribution in [0, 0.1) is 13.8 Å². The van der Waals surface area contributed by atoms with Crippen molar-refractivity contribution in [2.45, 2.75) is 58.7 Å². The Kier molecular flexibility index (Phi) is 11.2. The Hall–Kier alpha value is -3.07. The number of hydrogen-bond acceptors (Lipinski definition) is 6. The van der Waals surface area contributed by atoms with Gasteiger partial charge in [-0.3, -0.25) is 0 Å². The van der Waals surface area contributed by atoms with Crippen molar-refractivity contribution in [2.75, 3.05) is 6.61 Å². The van der Waals surface area contributed by atoms with E-state index in [0.717, 1.165) is 43.7 Å². The number of carbonyl (C=O) groups excluding carboxylic acids is 1. The number of rotatable bonds is 6. The van der Waals surface area contributed by atoms with Gasteiger partial charge in [0.05, 0.1) is 23.6 Å². The minimum Gasteiger partial charge on any atom is -0.462 e. The van der Waals surface area contributed by atoms with Gasteiger partial charge in [0.25, 0.3) is 0 Å². The van der Waals surface area contributed by atoms with E-state index in [1.54, 1.807) is 25.1 Å². The average molecular weight is 791 g/mol. The predicted molar refractivity (Wildman–Crippen MR) is 198 cm³/mol. The molecule has 2 unspecified atom stereocenters. The lowest BCUT2D eigenvalue weighted by Crippen LogP contribution is -2.22. The summed E-state index contributed by atoms with van der Waals surface area (Å²) >= 11 is 27.9. The molecule has 2 atom stereocenters. The van der Waals surface area contributed by atoms with Crippen LogP contribution in [0.25, 0.3) is 0 Å². The van der Waals surface area contributed by atoms with E-state index >= 15 is 0 Å². The number of oxime groups is 2. The van der Waals surface area contributed by atoms with Crippen molar-refractivity contribution in [1.29, 1.82) is 0 Å². The molecule has 2 heterocycles. The normalized spacial score (nSPS) is 19.8. The maximum Gasteiger partial charge on any atom is 0.338 e. The van der Waals surface area contributed by atoms with Gasteiger partial charge in [0, 0.05) is 48.5 Å². The van der Waals surface area contributed by atoms with Crippen molar-refractivity contribution < 1.29 is 19.2 Å². The highest BCUT2D eigenvalue weighted by molar-refractivity contribution is 9.10. The lowest BCUT2D eigenvalue weighted by atomic mass is 9.88. The summed E-state index contributed by atoms with van der Waals surface area (Å²) in [7, 11) is 0. The Bertz CT molecular complexity index is 1910. The topological polar surface area (TPSA) is 69.5 Å². The Morgan fingerprint density at radius 2 is 1.17 bits per heavy atom. The molecular formula is C37H33BrCl4N2O4. The molecule has 0 N–H and O–H groups in total. The molecular weight excluding hydrogens is 758 g/mol. The molecule has 0 bridgehead atoms. The van der Waals surface area contributed by atoms with Crippen LogP contribution < -0.4 is 0 Å². The molecule has 0 saturated heterocycles. The molecule has 4 aromatic carbocycles. The van der Waals surface area contributed by atoms with Crippen molar-refractivity contribution in [3.8, 4) is 0 Å². The molecule has 0 amide bonds. The van der Waals surface area contributed by atoms with E-state index in [1.165, 1.54) is 5.56 Å². The lowest BCUT2D eigenvalue weighted by Gasteiger charge is -2.22. The quantitative estimate of drug-likeness (QED) is 0.182. The van der Waals surface area contributed by atoms with E-state index in [0.29, 0.717) is 45.1 Å². The molecule has 0 spiro atoms. The molecule has 6 rings (SSSR count). The summed E-state index contributed by atoms with van der Waals surface area (Å²) in [5, 5.41) is 10.8. The maximum atomic E-state index is 11.9. The summed E-state index contributed by atoms with van der Waals surface area (Å²) in [6.07, 6.45) is 1.24. The van der Waals surface area contributed by atoms with E-state index in [1.807, 2.05) is 69.3 Å². The molecule has 250 valence electrons. The number of carbonyl (C=O) groups is 1. The van der Waals surface area contributed by atoms with E-state index in [-0.39, 0.29) is 5.97 Å². The Labute approximate surface area is 309 Å². The van der Waals surface area contributed by atoms with Crippen LogP contribution in [0.1, 0.15) is 77.4 Å². The van der Waals surface area contributed by atoms with Gasteiger partial charge in [0.1, 0.15) is 0 Å². The number of esters is 1. The van der Waals surface area contributed by atoms with E-state index in [2.05, 4.69) is 39.2 Å². The van der Waals surface area contributed by atoms with Crippen LogP contribution >= 0.6 is 62.3 Å². The molecule has 0 aromatic heterocycles. The number of ether oxygens (including phenoxy) is 1. The first-order valence-corrected chi connectivity index (χ1v) is 17.5. The summed E-state index contributed by atoms with van der Waals surface area (Å²) < 4.78 is 6.15. The van der Waals surface area contributed by atoms with Crippen molar-refractivity contribution in [1.82, 2.24) is 0 Å². The first-order valence-electron chi connectivity index (χ1n) is 15.2. The molecule has 4 aromatic rings. The van der Waals surface area contributed by atoms with Crippen molar-refractivity contribution in [3.63, 3.8) is 0 Å². The van der Waals surface area contributed by atoms with Crippen LogP contribution in [0.3, 0.4) is 0 Å². The zero-order chi connectivity index (χ0) is 34.8. The van der Waals surface area contributed by atoms with Gasteiger partial charge in [-0.1, -0.05) is 84.8 Å². The highest BCUT2D eigenvalue weighted by atomic mass is 79.9. The zero-order valence-corrected chi connectivity index (χ0v) is 31.6. The molecule has 2 aliphatic rings. The first-order chi connectivity index (χ1) is 22.7. The first kappa shape index (κ1) is 36.2. The molecule has 0 radical (unpaired) electrons. The van der Waals surface area contributed by atoms with E-state index in [9.17, 15) is 4.79 Å². The summed E-state index contributed by atoms with van der Waals surface area (Å²) in [5.74, 6) is -0.320. The van der Waals surface area contributed by atoms with Gasteiger partial charge < -0.3 is 14.4 Å². The molecule has 2 aliphatic heterocycles. The van der Waals surface area contributed by atoms with Crippen LogP contribution in [-0.2, 0) is 25.6 Å². The molecule has 11 heteroatoms. The Balaban J connectivity index is 0.000000190. The van der Waals surface area contributed by atoms with E-state index in [4.69, 9.17) is 60.8 Å². The molecule has 0 saturated carbocycles. The minimum absolute atomic E-state index is 0.320. The van der Waals surface area contributed by atoms with Gasteiger partial charge in [0.2, 0.25) is 0 Å². The van der Waals surface area contributed by atoms with Crippen LogP contribution in [0.15, 0.2) is 87.6 Å². The Morgan fingerprint density at radius 1 is 0.729 bits per heavy atom. The summed E-state index contributed by atoms with van der Waals surface area (Å²) in [6.45, 7) is 10.0. The van der Waals surface area contributed by atoms with Gasteiger partial charge in [-0.25, -0.2) is 4.79 Å². The fourth-order valence-corrected chi connectivity index (χ4v) is 6.82. The van der Waals surface area contributed by atoms with Gasteiger partial charge in [-0.2, -0.15) is 0 Å². The number of halogens is 5. The summed E-state index contributed by atoms with van der Waals surface area (Å²) in [6, 6.07) is 22.5. The van der Waals surface area contributed by atoms with Gasteiger partial charge in [-0.05, 0) is 118 Å². The fraction of sp³-hybridized carbons (Fsp3) is 0.270. The van der Waals surface area contributed by atoms with Crippen molar-refractivity contribution >= 4 is 79.7 Å². The lowest BCUT2D eigenvalue weighted by molar-refractivity contribution is -0.00755. The highest BCUT2D eigenvalue weighted by Crippen LogP contribution is 2.40. The average Bonchev–Trinajstić information content (AvgIpc) is 3.63. The summed E-state index contributed by atoms with van der Waals surface area (Å²) in [4.78, 5) is 23.4. The van der Waals surface area contributed by atoms with Crippen LogP contribution in [0.5, 0.6) is 0 Å². The second kappa shape index (κ2) is 14.8. The third-order valence-electron chi connectivity index (χ3n) is 8.22. The van der Waals surface area contributed by atoms with E-state index < -0.39 is 11.2 Å². The monoisotopic (exact) mass is 788 g/mol. The second-order valence-electron chi connectivity index (χ2n) is 12.1. The minimum atomic E-state index is -0.641. The van der Waals surface area contributed by atoms with Crippen molar-refractivity contribution in [2.24, 2.45) is 10.3 Å². The number of nitrogens with zero attached hydrogens (tertiary/aromatic N) is 2. The molecule has 0 aliphatic carbocycles. The number of hydrogen-bond donors (Lipinski definition) is 0. The van der Waals surface area contributed by atoms with Crippen LogP contribution in [-0.4, -0.2) is 24.0 Å². The highest BCUT2D eigenvalue weighted by Gasteiger charge is 2.38. The third-order valence-corrected chi connectivity index (χ3v) is 9.98. The number of benzene rings is 4. The van der Waals surface area contributed by atoms with Gasteiger partial charge >= 0.3 is 5.97 Å². The standard InChI is InChI=1S/C20H19Cl2NO3.C17H14BrCl2NO/c1-4-25-19(24)17-6-5-13(7-12(17)2)18-11-20(3,26-23-18)14-8-15(21)10-16(22)9-14;1-10-5-11(3-4-15(10)18)16-9-17(2,22-21-16)12-6-13(19)8-14(20)7-12/h5-10H,4,11H2,1-3H3;3-8H,9H2,1-2H3. The molecule has 48 heavy (non-hydrogen) atoms. The predicted octanol–water partition coefficient (Wildman–Crippen LogP) is 11.6. The fourth-order valence-electron chi connectivity index (χ4n) is 5.52. The Morgan fingerprint density at radius 3 is 1.58 bits per heavy atom. The largest absolute Gasteiger partial charge is 0.462 e. The SMILES string of the molecule is CCOC(=O)c1ccc(C2=NOC(C)(c3cc(Cl)cc(Cl)c3)C2)cc1C.Cc1cc(C2=NOC(C)(c3cc(Cl)cc(Cl)c3)C2)ccc1Br. The molecule has 6 nitrogen and oxygen atoms in total. The number of aryl methyl sites for hydroxylation is 2. The van der Waals surface area contributed by atoms with Crippen LogP contribution in [0.2, 0.25) is 20.1 Å².